The highest BCUT2D eigenvalue weighted by molar-refractivity contribution is 7.15. The highest BCUT2D eigenvalue weighted by Gasteiger charge is 2.20. The molecule has 0 bridgehead atoms. The summed E-state index contributed by atoms with van der Waals surface area (Å²) < 4.78 is 0. The Balaban J connectivity index is 2.10. The zero-order valence-electron chi connectivity index (χ0n) is 10.0. The first kappa shape index (κ1) is 11.6. The van der Waals surface area contributed by atoms with Gasteiger partial charge in [-0.2, -0.15) is 0 Å². The molecule has 0 aliphatic heterocycles. The molecule has 88 valence electrons. The smallest absolute Gasteiger partial charge is 0.228 e. The van der Waals surface area contributed by atoms with E-state index in [-0.39, 0.29) is 11.8 Å². The molecule has 16 heavy (non-hydrogen) atoms. The lowest BCUT2D eigenvalue weighted by atomic mass is 9.93. The fourth-order valence-electron chi connectivity index (χ4n) is 1.84. The topological polar surface area (TPSA) is 42.0 Å². The molecule has 1 aromatic heterocycles. The third kappa shape index (κ3) is 2.43. The predicted octanol–water partition coefficient (Wildman–Crippen LogP) is 2.86. The molecule has 0 unspecified atom stereocenters. The molecule has 1 aromatic rings. The number of amides is 1. The largest absolute Gasteiger partial charge is 0.302 e. The number of anilines is 1. The fourth-order valence-corrected chi connectivity index (χ4v) is 3.02. The summed E-state index contributed by atoms with van der Waals surface area (Å²) in [6, 6.07) is 0. The van der Waals surface area contributed by atoms with Crippen molar-refractivity contribution in [2.75, 3.05) is 5.32 Å². The second-order valence-electron chi connectivity index (χ2n) is 4.88. The molecule has 1 heterocycles. The number of fused-ring (bicyclic) bond motifs is 1. The number of rotatable bonds is 2. The van der Waals surface area contributed by atoms with Crippen molar-refractivity contribution in [2.24, 2.45) is 11.8 Å². The van der Waals surface area contributed by atoms with Crippen molar-refractivity contribution < 1.29 is 4.79 Å². The minimum absolute atomic E-state index is 0.0138. The van der Waals surface area contributed by atoms with Gasteiger partial charge in [0.25, 0.3) is 0 Å². The summed E-state index contributed by atoms with van der Waals surface area (Å²) in [7, 11) is 0. The summed E-state index contributed by atoms with van der Waals surface area (Å²) in [6.45, 7) is 6.06. The minimum Gasteiger partial charge on any atom is -0.302 e. The molecular formula is C12H18N2OS. The van der Waals surface area contributed by atoms with Crippen molar-refractivity contribution in [2.45, 2.75) is 40.0 Å². The van der Waals surface area contributed by atoms with Gasteiger partial charge in [-0.1, -0.05) is 20.8 Å². The number of thiazole rings is 1. The Morgan fingerprint density at radius 3 is 3.00 bits per heavy atom. The van der Waals surface area contributed by atoms with Gasteiger partial charge in [-0.05, 0) is 25.2 Å². The average Bonchev–Trinajstić information content (AvgIpc) is 2.58. The van der Waals surface area contributed by atoms with Crippen molar-refractivity contribution in [1.82, 2.24) is 4.98 Å². The first-order chi connectivity index (χ1) is 7.56. The second-order valence-corrected chi connectivity index (χ2v) is 5.96. The van der Waals surface area contributed by atoms with E-state index in [1.54, 1.807) is 11.3 Å². The molecule has 1 atom stereocenters. The molecule has 0 saturated carbocycles. The summed E-state index contributed by atoms with van der Waals surface area (Å²) in [5.74, 6) is 0.820. The lowest BCUT2D eigenvalue weighted by Crippen LogP contribution is -2.17. The Kier molecular flexibility index (Phi) is 3.28. The maximum Gasteiger partial charge on any atom is 0.228 e. The molecule has 3 nitrogen and oxygen atoms in total. The number of aryl methyl sites for hydroxylation is 1. The van der Waals surface area contributed by atoms with E-state index in [0.29, 0.717) is 0 Å². The Morgan fingerprint density at radius 2 is 2.31 bits per heavy atom. The molecule has 1 amide bonds. The Hall–Kier alpha value is -0.900. The SMILES string of the molecule is CC(C)C(=O)Nc1nc2c(s1)C[C@@H](C)CC2. The van der Waals surface area contributed by atoms with Crippen LogP contribution in [-0.2, 0) is 17.6 Å². The predicted molar refractivity (Wildman–Crippen MR) is 66.8 cm³/mol. The van der Waals surface area contributed by atoms with E-state index < -0.39 is 0 Å². The summed E-state index contributed by atoms with van der Waals surface area (Å²) in [6.07, 6.45) is 3.39. The number of carbonyl (C=O) groups excluding carboxylic acids is 1. The van der Waals surface area contributed by atoms with Crippen LogP contribution in [-0.4, -0.2) is 10.9 Å². The van der Waals surface area contributed by atoms with E-state index in [1.807, 2.05) is 13.8 Å². The van der Waals surface area contributed by atoms with Crippen molar-refractivity contribution in [3.8, 4) is 0 Å². The average molecular weight is 238 g/mol. The van der Waals surface area contributed by atoms with Crippen LogP contribution in [0, 0.1) is 11.8 Å². The van der Waals surface area contributed by atoms with Gasteiger partial charge >= 0.3 is 0 Å². The first-order valence-electron chi connectivity index (χ1n) is 5.85. The van der Waals surface area contributed by atoms with Gasteiger partial charge in [-0.15, -0.1) is 11.3 Å². The number of carbonyl (C=O) groups is 1. The maximum absolute atomic E-state index is 11.5. The lowest BCUT2D eigenvalue weighted by molar-refractivity contribution is -0.118. The van der Waals surface area contributed by atoms with Gasteiger partial charge in [0.2, 0.25) is 5.91 Å². The summed E-state index contributed by atoms with van der Waals surface area (Å²) in [5.41, 5.74) is 1.20. The van der Waals surface area contributed by atoms with Gasteiger partial charge in [0, 0.05) is 10.8 Å². The second kappa shape index (κ2) is 4.53. The van der Waals surface area contributed by atoms with Crippen LogP contribution < -0.4 is 5.32 Å². The van der Waals surface area contributed by atoms with E-state index in [9.17, 15) is 4.79 Å². The molecule has 4 heteroatoms. The molecule has 0 aromatic carbocycles. The molecule has 2 rings (SSSR count). The van der Waals surface area contributed by atoms with Gasteiger partial charge in [0.15, 0.2) is 5.13 Å². The van der Waals surface area contributed by atoms with Crippen LogP contribution >= 0.6 is 11.3 Å². The maximum atomic E-state index is 11.5. The quantitative estimate of drug-likeness (QED) is 0.860. The molecular weight excluding hydrogens is 220 g/mol. The van der Waals surface area contributed by atoms with Crippen molar-refractivity contribution in [1.29, 1.82) is 0 Å². The number of nitrogens with one attached hydrogen (secondary N) is 1. The lowest BCUT2D eigenvalue weighted by Gasteiger charge is -2.15. The molecule has 1 aliphatic carbocycles. The van der Waals surface area contributed by atoms with Gasteiger partial charge in [0.05, 0.1) is 5.69 Å². The van der Waals surface area contributed by atoms with Gasteiger partial charge in [-0.25, -0.2) is 4.98 Å². The Bertz CT molecular complexity index is 398. The third-order valence-electron chi connectivity index (χ3n) is 2.94. The van der Waals surface area contributed by atoms with E-state index in [0.717, 1.165) is 23.9 Å². The molecule has 0 radical (unpaired) electrons. The van der Waals surface area contributed by atoms with Crippen LogP contribution in [0.2, 0.25) is 0 Å². The minimum atomic E-state index is 0.0138. The van der Waals surface area contributed by atoms with Crippen LogP contribution in [0.3, 0.4) is 0 Å². The number of aromatic nitrogens is 1. The molecule has 0 fully saturated rings. The molecule has 0 spiro atoms. The standard InChI is InChI=1S/C12H18N2OS/c1-7(2)11(15)14-12-13-9-5-4-8(3)6-10(9)16-12/h7-8H,4-6H2,1-3H3,(H,13,14,15)/t8-/m0/s1. The van der Waals surface area contributed by atoms with Gasteiger partial charge < -0.3 is 5.32 Å². The Morgan fingerprint density at radius 1 is 1.56 bits per heavy atom. The van der Waals surface area contributed by atoms with Crippen molar-refractivity contribution >= 4 is 22.4 Å². The van der Waals surface area contributed by atoms with E-state index in [1.165, 1.54) is 17.0 Å². The summed E-state index contributed by atoms with van der Waals surface area (Å²) in [5, 5.41) is 3.66. The van der Waals surface area contributed by atoms with Crippen LogP contribution in [0.4, 0.5) is 5.13 Å². The number of hydrogen-bond acceptors (Lipinski definition) is 3. The monoisotopic (exact) mass is 238 g/mol. The third-order valence-corrected chi connectivity index (χ3v) is 3.98. The summed E-state index contributed by atoms with van der Waals surface area (Å²) >= 11 is 1.64. The van der Waals surface area contributed by atoms with Crippen LogP contribution in [0.25, 0.3) is 0 Å². The first-order valence-corrected chi connectivity index (χ1v) is 6.67. The molecule has 1 N–H and O–H groups in total. The molecule has 1 aliphatic rings. The van der Waals surface area contributed by atoms with Gasteiger partial charge in [-0.3, -0.25) is 4.79 Å². The zero-order valence-corrected chi connectivity index (χ0v) is 10.9. The zero-order chi connectivity index (χ0) is 11.7. The van der Waals surface area contributed by atoms with Crippen molar-refractivity contribution in [3.63, 3.8) is 0 Å². The number of nitrogens with zero attached hydrogens (tertiary/aromatic N) is 1. The van der Waals surface area contributed by atoms with Crippen LogP contribution in [0.1, 0.15) is 37.8 Å². The highest BCUT2D eigenvalue weighted by atomic mass is 32.1. The Labute approximate surface area is 100 Å². The van der Waals surface area contributed by atoms with E-state index in [4.69, 9.17) is 0 Å². The summed E-state index contributed by atoms with van der Waals surface area (Å²) in [4.78, 5) is 17.4. The van der Waals surface area contributed by atoms with E-state index in [2.05, 4.69) is 17.2 Å². The highest BCUT2D eigenvalue weighted by Crippen LogP contribution is 2.32. The number of hydrogen-bond donors (Lipinski definition) is 1. The fraction of sp³-hybridized carbons (Fsp3) is 0.667. The normalized spacial score (nSPS) is 19.6. The van der Waals surface area contributed by atoms with Crippen LogP contribution in [0.5, 0.6) is 0 Å². The van der Waals surface area contributed by atoms with Crippen LogP contribution in [0.15, 0.2) is 0 Å². The molecule has 0 saturated heterocycles. The van der Waals surface area contributed by atoms with Gasteiger partial charge in [0.1, 0.15) is 0 Å². The van der Waals surface area contributed by atoms with Crippen molar-refractivity contribution in [3.05, 3.63) is 10.6 Å². The van der Waals surface area contributed by atoms with E-state index >= 15 is 0 Å².